The third kappa shape index (κ3) is 8.55. The van der Waals surface area contributed by atoms with Gasteiger partial charge in [-0.05, 0) is 35.6 Å². The van der Waals surface area contributed by atoms with Crippen molar-refractivity contribution in [2.75, 3.05) is 26.2 Å². The molecule has 1 amide bonds. The fourth-order valence-corrected chi connectivity index (χ4v) is 3.69. The second-order valence-electron chi connectivity index (χ2n) is 7.87. The Bertz CT molecular complexity index is 975. The second kappa shape index (κ2) is 11.9. The van der Waals surface area contributed by atoms with Gasteiger partial charge in [0.2, 0.25) is 0 Å². The van der Waals surface area contributed by atoms with Crippen LogP contribution in [-0.2, 0) is 16.1 Å². The highest BCUT2D eigenvalue weighted by Crippen LogP contribution is 2.32. The Kier molecular flexibility index (Phi) is 9.44. The number of aliphatic carboxylic acids is 2. The van der Waals surface area contributed by atoms with Crippen LogP contribution in [0.4, 0.5) is 26.3 Å². The fraction of sp³-hybridized carbons (Fsp3) is 0.429. The summed E-state index contributed by atoms with van der Waals surface area (Å²) in [5, 5.41) is 14.2. The topological polar surface area (TPSA) is 124 Å². The van der Waals surface area contributed by atoms with Gasteiger partial charge in [0.05, 0.1) is 6.26 Å². The average molecular weight is 525 g/mol. The molecule has 4 rings (SSSR count). The SMILES string of the molecule is O=C(O)C(F)(F)F.O=C(O)C(F)(F)F.O=C(c1ccco1)N1CC2CN(Cc3cccnc3)CC2C1. The number of halogens is 6. The highest BCUT2D eigenvalue weighted by Gasteiger charge is 2.42. The first-order valence-electron chi connectivity index (χ1n) is 10.2. The number of amides is 1. The summed E-state index contributed by atoms with van der Waals surface area (Å²) < 4.78 is 68.7. The van der Waals surface area contributed by atoms with Crippen LogP contribution in [-0.4, -0.2) is 81.4 Å². The molecule has 9 nitrogen and oxygen atoms in total. The number of aromatic nitrogens is 1. The summed E-state index contributed by atoms with van der Waals surface area (Å²) in [5.41, 5.74) is 1.26. The molecule has 0 bridgehead atoms. The lowest BCUT2D eigenvalue weighted by molar-refractivity contribution is -0.193. The van der Waals surface area contributed by atoms with E-state index < -0.39 is 24.3 Å². The van der Waals surface area contributed by atoms with E-state index in [2.05, 4.69) is 16.0 Å². The van der Waals surface area contributed by atoms with Crippen molar-refractivity contribution in [3.05, 3.63) is 54.2 Å². The molecule has 2 unspecified atom stereocenters. The number of carbonyl (C=O) groups is 3. The molecule has 2 N–H and O–H groups in total. The Morgan fingerprint density at radius 2 is 1.44 bits per heavy atom. The summed E-state index contributed by atoms with van der Waals surface area (Å²) in [6.07, 6.45) is -4.87. The van der Waals surface area contributed by atoms with Gasteiger partial charge >= 0.3 is 24.3 Å². The Balaban J connectivity index is 0.000000271. The van der Waals surface area contributed by atoms with Crippen molar-refractivity contribution in [1.29, 1.82) is 0 Å². The van der Waals surface area contributed by atoms with Gasteiger partial charge in [-0.1, -0.05) is 6.07 Å². The standard InChI is InChI=1S/C17H19N3O2.2C2HF3O2/c21-17(16-4-2-6-22-16)20-11-14-9-19(10-15(14)12-20)8-13-3-1-5-18-7-13;2*3-2(4,5)1(6)7/h1-7,14-15H,8-12H2;2*(H,6,7). The molecular weight excluding hydrogens is 504 g/mol. The van der Waals surface area contributed by atoms with Crippen LogP contribution in [0.1, 0.15) is 16.1 Å². The molecule has 0 radical (unpaired) electrons. The van der Waals surface area contributed by atoms with Crippen LogP contribution in [0, 0.1) is 11.8 Å². The van der Waals surface area contributed by atoms with E-state index in [1.807, 2.05) is 17.2 Å². The zero-order valence-electron chi connectivity index (χ0n) is 18.4. The van der Waals surface area contributed by atoms with E-state index in [9.17, 15) is 31.1 Å². The zero-order valence-corrected chi connectivity index (χ0v) is 18.4. The van der Waals surface area contributed by atoms with E-state index in [-0.39, 0.29) is 5.91 Å². The molecule has 0 aliphatic carbocycles. The number of rotatable bonds is 3. The first kappa shape index (κ1) is 28.6. The van der Waals surface area contributed by atoms with Crippen LogP contribution < -0.4 is 0 Å². The second-order valence-corrected chi connectivity index (χ2v) is 7.87. The molecule has 2 atom stereocenters. The summed E-state index contributed by atoms with van der Waals surface area (Å²) >= 11 is 0. The normalized spacial score (nSPS) is 19.4. The van der Waals surface area contributed by atoms with Gasteiger partial charge in [-0.2, -0.15) is 26.3 Å². The quantitative estimate of drug-likeness (QED) is 0.586. The minimum atomic E-state index is -5.08. The Labute approximate surface area is 199 Å². The predicted octanol–water partition coefficient (Wildman–Crippen LogP) is 3.15. The number of likely N-dealkylation sites (tertiary alicyclic amines) is 2. The van der Waals surface area contributed by atoms with Gasteiger partial charge in [-0.15, -0.1) is 0 Å². The Morgan fingerprint density at radius 3 is 1.83 bits per heavy atom. The van der Waals surface area contributed by atoms with Crippen molar-refractivity contribution in [1.82, 2.24) is 14.8 Å². The lowest BCUT2D eigenvalue weighted by Crippen LogP contribution is -2.32. The van der Waals surface area contributed by atoms with E-state index in [0.29, 0.717) is 17.6 Å². The van der Waals surface area contributed by atoms with Crippen molar-refractivity contribution in [3.63, 3.8) is 0 Å². The number of hydrogen-bond acceptors (Lipinski definition) is 6. The number of carboxylic acids is 2. The van der Waals surface area contributed by atoms with Crippen LogP contribution in [0.3, 0.4) is 0 Å². The summed E-state index contributed by atoms with van der Waals surface area (Å²) in [6, 6.07) is 7.61. The molecule has 36 heavy (non-hydrogen) atoms. The third-order valence-electron chi connectivity index (χ3n) is 5.20. The minimum Gasteiger partial charge on any atom is -0.475 e. The fourth-order valence-electron chi connectivity index (χ4n) is 3.69. The van der Waals surface area contributed by atoms with Crippen molar-refractivity contribution in [3.8, 4) is 0 Å². The van der Waals surface area contributed by atoms with Crippen molar-refractivity contribution in [2.45, 2.75) is 18.9 Å². The summed E-state index contributed by atoms with van der Waals surface area (Å²) in [5.74, 6) is -3.88. The number of hydrogen-bond donors (Lipinski definition) is 2. The number of pyridine rings is 1. The van der Waals surface area contributed by atoms with Crippen molar-refractivity contribution >= 4 is 17.8 Å². The van der Waals surface area contributed by atoms with Gasteiger partial charge in [0, 0.05) is 45.1 Å². The molecule has 2 aromatic heterocycles. The number of nitrogens with zero attached hydrogens (tertiary/aromatic N) is 3. The lowest BCUT2D eigenvalue weighted by Gasteiger charge is -2.20. The molecule has 2 aromatic rings. The molecule has 2 aliphatic heterocycles. The third-order valence-corrected chi connectivity index (χ3v) is 5.20. The highest BCUT2D eigenvalue weighted by molar-refractivity contribution is 5.91. The first-order chi connectivity index (χ1) is 16.7. The van der Waals surface area contributed by atoms with E-state index in [4.69, 9.17) is 24.2 Å². The summed E-state index contributed by atoms with van der Waals surface area (Å²) in [4.78, 5) is 38.7. The number of carbonyl (C=O) groups excluding carboxylic acids is 1. The number of fused-ring (bicyclic) bond motifs is 1. The van der Waals surface area contributed by atoms with Crippen LogP contribution in [0.25, 0.3) is 0 Å². The van der Waals surface area contributed by atoms with Gasteiger partial charge in [0.1, 0.15) is 0 Å². The van der Waals surface area contributed by atoms with Gasteiger partial charge in [-0.3, -0.25) is 14.7 Å². The van der Waals surface area contributed by atoms with Crippen LogP contribution in [0.15, 0.2) is 47.3 Å². The maximum Gasteiger partial charge on any atom is 0.490 e. The smallest absolute Gasteiger partial charge is 0.475 e. The molecule has 4 heterocycles. The Morgan fingerprint density at radius 1 is 0.917 bits per heavy atom. The predicted molar refractivity (Wildman–Crippen MR) is 108 cm³/mol. The van der Waals surface area contributed by atoms with Gasteiger partial charge in [0.25, 0.3) is 5.91 Å². The minimum absolute atomic E-state index is 0.0261. The monoisotopic (exact) mass is 525 g/mol. The van der Waals surface area contributed by atoms with Crippen molar-refractivity contribution < 1.29 is 55.4 Å². The van der Waals surface area contributed by atoms with Crippen LogP contribution >= 0.6 is 0 Å². The van der Waals surface area contributed by atoms with Gasteiger partial charge in [-0.25, -0.2) is 9.59 Å². The maximum atomic E-state index is 12.3. The molecule has 0 aromatic carbocycles. The molecule has 2 fully saturated rings. The molecule has 2 saturated heterocycles. The molecule has 198 valence electrons. The maximum absolute atomic E-state index is 12.3. The van der Waals surface area contributed by atoms with E-state index >= 15 is 0 Å². The van der Waals surface area contributed by atoms with Crippen LogP contribution in [0.2, 0.25) is 0 Å². The molecule has 0 saturated carbocycles. The van der Waals surface area contributed by atoms with E-state index in [0.717, 1.165) is 32.7 Å². The largest absolute Gasteiger partial charge is 0.490 e. The Hall–Kier alpha value is -3.62. The van der Waals surface area contributed by atoms with E-state index in [1.54, 1.807) is 24.6 Å². The molecule has 0 spiro atoms. The average Bonchev–Trinajstić information content (AvgIpc) is 3.50. The zero-order chi connectivity index (χ0) is 27.1. The van der Waals surface area contributed by atoms with Gasteiger partial charge < -0.3 is 19.5 Å². The highest BCUT2D eigenvalue weighted by atomic mass is 19.4. The van der Waals surface area contributed by atoms with Crippen LogP contribution in [0.5, 0.6) is 0 Å². The number of furan rings is 1. The van der Waals surface area contributed by atoms with E-state index in [1.165, 1.54) is 5.56 Å². The number of alkyl halides is 6. The summed E-state index contributed by atoms with van der Waals surface area (Å²) in [6.45, 7) is 4.75. The number of carboxylic acid groups (broad SMARTS) is 2. The molecule has 2 aliphatic rings. The molecular formula is C21H21F6N3O6. The summed E-state index contributed by atoms with van der Waals surface area (Å²) in [7, 11) is 0. The van der Waals surface area contributed by atoms with Gasteiger partial charge in [0.15, 0.2) is 5.76 Å². The van der Waals surface area contributed by atoms with Crippen molar-refractivity contribution in [2.24, 2.45) is 11.8 Å². The molecule has 15 heteroatoms. The first-order valence-corrected chi connectivity index (χ1v) is 10.2. The lowest BCUT2D eigenvalue weighted by atomic mass is 10.0.